The Kier molecular flexibility index (Phi) is 6.58. The molecule has 8 heteroatoms. The van der Waals surface area contributed by atoms with Gasteiger partial charge in [-0.25, -0.2) is 0 Å². The van der Waals surface area contributed by atoms with Crippen LogP contribution in [-0.4, -0.2) is 31.7 Å². The van der Waals surface area contributed by atoms with Gasteiger partial charge in [-0.2, -0.15) is 13.7 Å². The number of nitriles is 1. The van der Waals surface area contributed by atoms with E-state index in [-0.39, 0.29) is 16.6 Å². The highest BCUT2D eigenvalue weighted by atomic mass is 32.2. The molecule has 1 aromatic carbocycles. The topological polar surface area (TPSA) is 111 Å². The first-order valence-electron chi connectivity index (χ1n) is 10.2. The lowest BCUT2D eigenvalue weighted by Crippen LogP contribution is -2.50. The van der Waals surface area contributed by atoms with Gasteiger partial charge in [0.25, 0.3) is 10.0 Å². The van der Waals surface area contributed by atoms with Gasteiger partial charge in [0.1, 0.15) is 17.4 Å². The number of nitrogens with one attached hydrogen (secondary N) is 2. The second-order valence-corrected chi connectivity index (χ2v) is 9.69. The molecule has 1 aromatic rings. The zero-order chi connectivity index (χ0) is 20.9. The molecule has 2 aliphatic carbocycles. The lowest BCUT2D eigenvalue weighted by Gasteiger charge is -2.27. The number of amides is 1. The highest BCUT2D eigenvalue weighted by molar-refractivity contribution is 7.90. The van der Waals surface area contributed by atoms with Crippen LogP contribution in [0.5, 0.6) is 0 Å². The van der Waals surface area contributed by atoms with Crippen LogP contribution in [-0.2, 0) is 14.8 Å². The molecule has 0 aliphatic heterocycles. The van der Waals surface area contributed by atoms with Gasteiger partial charge in [-0.05, 0) is 44.2 Å². The van der Waals surface area contributed by atoms with Crippen molar-refractivity contribution in [1.29, 1.82) is 5.26 Å². The van der Waals surface area contributed by atoms with Crippen molar-refractivity contribution in [3.63, 3.8) is 0 Å². The molecule has 2 aliphatic rings. The van der Waals surface area contributed by atoms with Crippen LogP contribution in [0.25, 0.3) is 0 Å². The third-order valence-corrected chi connectivity index (χ3v) is 7.00. The van der Waals surface area contributed by atoms with Gasteiger partial charge in [-0.1, -0.05) is 50.3 Å². The molecular formula is C21H28N4O3S. The number of amidine groups is 1. The molecule has 2 saturated carbocycles. The van der Waals surface area contributed by atoms with E-state index in [0.29, 0.717) is 25.2 Å². The molecular weight excluding hydrogens is 388 g/mol. The molecule has 156 valence electrons. The Morgan fingerprint density at radius 3 is 2.48 bits per heavy atom. The molecule has 0 saturated heterocycles. The maximum Gasteiger partial charge on any atom is 0.283 e. The van der Waals surface area contributed by atoms with E-state index in [4.69, 9.17) is 0 Å². The first kappa shape index (κ1) is 21.3. The fourth-order valence-corrected chi connectivity index (χ4v) is 4.82. The summed E-state index contributed by atoms with van der Waals surface area (Å²) in [6.07, 6.45) is 7.55. The number of carbonyl (C=O) groups is 1. The quantitative estimate of drug-likeness (QED) is 0.524. The van der Waals surface area contributed by atoms with E-state index in [2.05, 4.69) is 21.1 Å². The average molecular weight is 417 g/mol. The summed E-state index contributed by atoms with van der Waals surface area (Å²) in [4.78, 5) is 13.0. The van der Waals surface area contributed by atoms with Gasteiger partial charge >= 0.3 is 0 Å². The number of hydrogen-bond donors (Lipinski definition) is 2. The molecule has 0 spiro atoms. The molecule has 2 N–H and O–H groups in total. The van der Waals surface area contributed by atoms with Crippen molar-refractivity contribution in [2.24, 2.45) is 10.3 Å². The average Bonchev–Trinajstić information content (AvgIpc) is 3.48. The summed E-state index contributed by atoms with van der Waals surface area (Å²) in [5.41, 5.74) is -0.759. The Morgan fingerprint density at radius 1 is 1.24 bits per heavy atom. The first-order valence-corrected chi connectivity index (χ1v) is 11.6. The van der Waals surface area contributed by atoms with Crippen LogP contribution in [0, 0.1) is 17.2 Å². The molecule has 1 atom stereocenters. The molecule has 0 aromatic heterocycles. The Hall–Kier alpha value is -2.40. The van der Waals surface area contributed by atoms with Gasteiger partial charge in [0, 0.05) is 0 Å². The summed E-state index contributed by atoms with van der Waals surface area (Å²) in [6.45, 7) is 1.55. The van der Waals surface area contributed by atoms with E-state index in [1.54, 1.807) is 25.1 Å². The predicted molar refractivity (Wildman–Crippen MR) is 111 cm³/mol. The van der Waals surface area contributed by atoms with Gasteiger partial charge < -0.3 is 10.6 Å². The molecule has 0 bridgehead atoms. The van der Waals surface area contributed by atoms with Crippen molar-refractivity contribution in [1.82, 2.24) is 10.6 Å². The normalized spacial score (nSPS) is 20.3. The number of hydrogen-bond acceptors (Lipinski definition) is 4. The third-order valence-electron chi connectivity index (χ3n) is 5.62. The smallest absolute Gasteiger partial charge is 0.283 e. The van der Waals surface area contributed by atoms with Gasteiger partial charge in [-0.3, -0.25) is 4.79 Å². The van der Waals surface area contributed by atoms with Crippen LogP contribution < -0.4 is 10.6 Å². The Labute approximate surface area is 172 Å². The van der Waals surface area contributed by atoms with Gasteiger partial charge in [0.15, 0.2) is 0 Å². The predicted octanol–water partition coefficient (Wildman–Crippen LogP) is 2.89. The number of sulfonamides is 1. The summed E-state index contributed by atoms with van der Waals surface area (Å²) in [7, 11) is -3.85. The zero-order valence-corrected chi connectivity index (χ0v) is 17.5. The largest absolute Gasteiger partial charge is 0.361 e. The number of rotatable bonds is 7. The maximum absolute atomic E-state index is 12.9. The molecule has 7 nitrogen and oxygen atoms in total. The summed E-state index contributed by atoms with van der Waals surface area (Å²) in [5, 5.41) is 15.1. The van der Waals surface area contributed by atoms with Crippen LogP contribution in [0.15, 0.2) is 39.6 Å². The minimum atomic E-state index is -3.85. The first-order chi connectivity index (χ1) is 13.8. The van der Waals surface area contributed by atoms with E-state index in [0.717, 1.165) is 25.7 Å². The number of carbonyl (C=O) groups excluding carboxylic acids is 1. The lowest BCUT2D eigenvalue weighted by molar-refractivity contribution is -0.123. The van der Waals surface area contributed by atoms with Crippen LogP contribution in [0.2, 0.25) is 0 Å². The van der Waals surface area contributed by atoms with Crippen LogP contribution in [0.4, 0.5) is 0 Å². The molecule has 2 fully saturated rings. The summed E-state index contributed by atoms with van der Waals surface area (Å²) in [5.74, 6) is 0.315. The van der Waals surface area contributed by atoms with Gasteiger partial charge in [-0.15, -0.1) is 4.40 Å². The molecule has 29 heavy (non-hydrogen) atoms. The summed E-state index contributed by atoms with van der Waals surface area (Å²) in [6, 6.07) is 9.55. The monoisotopic (exact) mass is 416 g/mol. The Bertz CT molecular complexity index is 896. The molecule has 0 unspecified atom stereocenters. The molecule has 3 rings (SSSR count). The lowest BCUT2D eigenvalue weighted by atomic mass is 9.84. The minimum absolute atomic E-state index is 0.107. The SMILES string of the molecule is CC(=NS(=O)(=O)c1ccccc1)N[C@@H](CC1CCCCC1)C(=O)NC1(C#N)CC1. The molecule has 1 amide bonds. The van der Waals surface area contributed by atoms with Gasteiger partial charge in [0.2, 0.25) is 5.91 Å². The molecule has 0 heterocycles. The summed E-state index contributed by atoms with van der Waals surface area (Å²) < 4.78 is 28.9. The van der Waals surface area contributed by atoms with Crippen LogP contribution in [0.3, 0.4) is 0 Å². The summed E-state index contributed by atoms with van der Waals surface area (Å²) >= 11 is 0. The second kappa shape index (κ2) is 8.95. The van der Waals surface area contributed by atoms with E-state index in [1.165, 1.54) is 18.6 Å². The fourth-order valence-electron chi connectivity index (χ4n) is 3.80. The zero-order valence-electron chi connectivity index (χ0n) is 16.7. The fraction of sp³-hybridized carbons (Fsp3) is 0.571. The van der Waals surface area contributed by atoms with Crippen molar-refractivity contribution in [3.05, 3.63) is 30.3 Å². The second-order valence-electron chi connectivity index (χ2n) is 8.08. The third kappa shape index (κ3) is 5.80. The van der Waals surface area contributed by atoms with Crippen molar-refractivity contribution >= 4 is 21.8 Å². The number of benzene rings is 1. The van der Waals surface area contributed by atoms with Crippen molar-refractivity contribution in [2.45, 2.75) is 74.8 Å². The Balaban J connectivity index is 1.74. The van der Waals surface area contributed by atoms with Crippen molar-refractivity contribution < 1.29 is 13.2 Å². The van der Waals surface area contributed by atoms with E-state index in [9.17, 15) is 18.5 Å². The standard InChI is InChI=1S/C21H28N4O3S/c1-16(25-29(27,28)18-10-6-3-7-11-18)23-19(14-17-8-4-2-5-9-17)20(26)24-21(15-22)12-13-21/h3,6-7,10-11,17,19H,2,4-5,8-9,12-14H2,1H3,(H,23,25)(H,24,26)/t19-/m0/s1. The highest BCUT2D eigenvalue weighted by Crippen LogP contribution is 2.35. The van der Waals surface area contributed by atoms with Crippen molar-refractivity contribution in [3.8, 4) is 6.07 Å². The van der Waals surface area contributed by atoms with E-state index < -0.39 is 21.6 Å². The highest BCUT2D eigenvalue weighted by Gasteiger charge is 2.45. The van der Waals surface area contributed by atoms with Crippen LogP contribution in [0.1, 0.15) is 58.3 Å². The van der Waals surface area contributed by atoms with Crippen LogP contribution >= 0.6 is 0 Å². The maximum atomic E-state index is 12.9. The minimum Gasteiger partial charge on any atom is -0.361 e. The van der Waals surface area contributed by atoms with E-state index in [1.807, 2.05) is 0 Å². The van der Waals surface area contributed by atoms with Crippen molar-refractivity contribution in [2.75, 3.05) is 0 Å². The Morgan fingerprint density at radius 2 is 1.90 bits per heavy atom. The number of nitrogens with zero attached hydrogens (tertiary/aromatic N) is 2. The van der Waals surface area contributed by atoms with E-state index >= 15 is 0 Å². The molecule has 0 radical (unpaired) electrons. The van der Waals surface area contributed by atoms with Gasteiger partial charge in [0.05, 0.1) is 11.0 Å².